The van der Waals surface area contributed by atoms with E-state index in [4.69, 9.17) is 14.8 Å². The lowest BCUT2D eigenvalue weighted by Crippen LogP contribution is -2.21. The molecule has 5 heteroatoms. The number of aromatic nitrogens is 4. The van der Waals surface area contributed by atoms with Crippen molar-refractivity contribution in [2.24, 2.45) is 23.7 Å². The zero-order chi connectivity index (χ0) is 38.5. The van der Waals surface area contributed by atoms with Gasteiger partial charge in [-0.25, -0.2) is 9.67 Å². The summed E-state index contributed by atoms with van der Waals surface area (Å²) in [5.41, 5.74) is 11.1. The van der Waals surface area contributed by atoms with Gasteiger partial charge in [-0.2, -0.15) is 5.10 Å². The molecular weight excluding hydrogens is 661 g/mol. The van der Waals surface area contributed by atoms with Crippen LogP contribution < -0.4 is 4.74 Å². The highest BCUT2D eigenvalue weighted by Gasteiger charge is 2.33. The van der Waals surface area contributed by atoms with Crippen LogP contribution in [0.25, 0.3) is 33.3 Å². The van der Waals surface area contributed by atoms with Crippen LogP contribution in [0.3, 0.4) is 0 Å². The van der Waals surface area contributed by atoms with Gasteiger partial charge in [-0.05, 0) is 122 Å². The summed E-state index contributed by atoms with van der Waals surface area (Å²) in [5, 5.41) is 7.74. The first-order valence-corrected chi connectivity index (χ1v) is 20.3. The van der Waals surface area contributed by atoms with Gasteiger partial charge in [-0.15, -0.1) is 0 Å². The summed E-state index contributed by atoms with van der Waals surface area (Å²) < 4.78 is 11.4. The Kier molecular flexibility index (Phi) is 10.4. The van der Waals surface area contributed by atoms with E-state index in [0.29, 0.717) is 29.6 Å². The predicted molar refractivity (Wildman–Crippen MR) is 227 cm³/mol. The van der Waals surface area contributed by atoms with E-state index >= 15 is 0 Å². The van der Waals surface area contributed by atoms with E-state index in [1.165, 1.54) is 45.2 Å². The molecule has 1 aliphatic carbocycles. The maximum absolute atomic E-state index is 6.90. The molecular formula is C49H60N4O. The van der Waals surface area contributed by atoms with Crippen LogP contribution in [0.15, 0.2) is 90.6 Å². The van der Waals surface area contributed by atoms with Crippen molar-refractivity contribution in [3.05, 3.63) is 119 Å². The number of rotatable bonds is 10. The number of allylic oxidation sites excluding steroid dienone is 2. The zero-order valence-corrected chi connectivity index (χ0v) is 34.5. The van der Waals surface area contributed by atoms with Crippen LogP contribution >= 0.6 is 0 Å². The molecule has 282 valence electrons. The van der Waals surface area contributed by atoms with E-state index in [2.05, 4.69) is 164 Å². The topological polar surface area (TPSA) is 44.9 Å². The molecule has 54 heavy (non-hydrogen) atoms. The zero-order valence-electron chi connectivity index (χ0n) is 34.5. The standard InChI is InChI=1S/C49H60N4O/c1-30(2)16-19-44-48(47-33(6)23-32(5)24-34(47)7)35(8)51-53(44)38-26-37(49(9,10)11)27-40(28-38)54-39-17-18-42-41-14-12-13-15-43(41)52(45(42)29-39)46-25-36(20-21-50-46)22-31(3)4/h12-15,17-18,20-21,23,25-32,34,47H,16,19,22,24H2,1-11H3/t32-,34-,47-/m0/s1. The van der Waals surface area contributed by atoms with Gasteiger partial charge in [-0.1, -0.05) is 92.2 Å². The van der Waals surface area contributed by atoms with Crippen LogP contribution in [0, 0.1) is 30.6 Å². The maximum Gasteiger partial charge on any atom is 0.137 e. The van der Waals surface area contributed by atoms with Crippen molar-refractivity contribution in [3.63, 3.8) is 0 Å². The minimum Gasteiger partial charge on any atom is -0.457 e. The van der Waals surface area contributed by atoms with Crippen LogP contribution in [0.5, 0.6) is 11.5 Å². The molecule has 0 amide bonds. The molecule has 0 fully saturated rings. The van der Waals surface area contributed by atoms with Crippen LogP contribution in [-0.4, -0.2) is 19.3 Å². The molecule has 3 aromatic heterocycles. The Bertz CT molecular complexity index is 2330. The number of ether oxygens (including phenoxy) is 1. The second-order valence-corrected chi connectivity index (χ2v) is 18.1. The monoisotopic (exact) mass is 720 g/mol. The van der Waals surface area contributed by atoms with Gasteiger partial charge in [0.1, 0.15) is 17.3 Å². The molecule has 0 saturated heterocycles. The number of fused-ring (bicyclic) bond motifs is 3. The Morgan fingerprint density at radius 1 is 0.833 bits per heavy atom. The van der Waals surface area contributed by atoms with Crippen LogP contribution in [0.1, 0.15) is 116 Å². The third-order valence-electron chi connectivity index (χ3n) is 11.4. The first kappa shape index (κ1) is 37.7. The lowest BCUT2D eigenvalue weighted by molar-refractivity contribution is 0.389. The second kappa shape index (κ2) is 14.9. The second-order valence-electron chi connectivity index (χ2n) is 18.1. The molecule has 0 bridgehead atoms. The summed E-state index contributed by atoms with van der Waals surface area (Å²) in [6.07, 6.45) is 8.76. The minimum absolute atomic E-state index is 0.0896. The molecule has 3 aromatic carbocycles. The summed E-state index contributed by atoms with van der Waals surface area (Å²) in [6.45, 7) is 25.3. The molecule has 3 heterocycles. The fourth-order valence-corrected chi connectivity index (χ4v) is 8.95. The quantitative estimate of drug-likeness (QED) is 0.132. The largest absolute Gasteiger partial charge is 0.457 e. The average molecular weight is 721 g/mol. The third-order valence-corrected chi connectivity index (χ3v) is 11.4. The van der Waals surface area contributed by atoms with Crippen LogP contribution in [0.4, 0.5) is 0 Å². The normalized spacial score (nSPS) is 17.9. The Labute approximate surface area is 323 Å². The van der Waals surface area contributed by atoms with Gasteiger partial charge < -0.3 is 4.74 Å². The van der Waals surface area contributed by atoms with E-state index in [1.807, 2.05) is 6.20 Å². The van der Waals surface area contributed by atoms with E-state index in [-0.39, 0.29) is 5.41 Å². The highest BCUT2D eigenvalue weighted by atomic mass is 16.5. The first-order valence-electron chi connectivity index (χ1n) is 20.3. The van der Waals surface area contributed by atoms with Crippen LogP contribution in [-0.2, 0) is 18.3 Å². The summed E-state index contributed by atoms with van der Waals surface area (Å²) in [4.78, 5) is 4.89. The molecule has 0 unspecified atom stereocenters. The van der Waals surface area contributed by atoms with Gasteiger partial charge in [0.2, 0.25) is 0 Å². The van der Waals surface area contributed by atoms with Gasteiger partial charge >= 0.3 is 0 Å². The van der Waals surface area contributed by atoms with Crippen molar-refractivity contribution >= 4 is 21.8 Å². The molecule has 3 atom stereocenters. The number of nitrogens with zero attached hydrogens (tertiary/aromatic N) is 4. The highest BCUT2D eigenvalue weighted by molar-refractivity contribution is 6.09. The van der Waals surface area contributed by atoms with Crippen molar-refractivity contribution in [2.45, 2.75) is 113 Å². The Balaban J connectivity index is 1.35. The fraction of sp³-hybridized carbons (Fsp3) is 0.429. The summed E-state index contributed by atoms with van der Waals surface area (Å²) in [7, 11) is 0. The molecule has 1 aliphatic rings. The van der Waals surface area contributed by atoms with Crippen molar-refractivity contribution in [3.8, 4) is 23.0 Å². The Morgan fingerprint density at radius 3 is 2.31 bits per heavy atom. The first-order chi connectivity index (χ1) is 25.7. The van der Waals surface area contributed by atoms with Gasteiger partial charge in [0.25, 0.3) is 0 Å². The lowest BCUT2D eigenvalue weighted by atomic mass is 9.72. The average Bonchev–Trinajstić information content (AvgIpc) is 3.60. The summed E-state index contributed by atoms with van der Waals surface area (Å²) in [5.74, 6) is 5.27. The number of pyridine rings is 1. The predicted octanol–water partition coefficient (Wildman–Crippen LogP) is 13.3. The Hall–Kier alpha value is -4.64. The van der Waals surface area contributed by atoms with Crippen LogP contribution in [0.2, 0.25) is 0 Å². The third kappa shape index (κ3) is 7.52. The number of hydrogen-bond acceptors (Lipinski definition) is 3. The fourth-order valence-electron chi connectivity index (χ4n) is 8.95. The highest BCUT2D eigenvalue weighted by Crippen LogP contribution is 2.44. The van der Waals surface area contributed by atoms with Crippen molar-refractivity contribution in [1.29, 1.82) is 0 Å². The Morgan fingerprint density at radius 2 is 1.59 bits per heavy atom. The van der Waals surface area contributed by atoms with E-state index in [1.54, 1.807) is 0 Å². The van der Waals surface area contributed by atoms with Crippen molar-refractivity contribution < 1.29 is 4.74 Å². The summed E-state index contributed by atoms with van der Waals surface area (Å²) >= 11 is 0. The molecule has 0 saturated carbocycles. The number of hydrogen-bond donors (Lipinski definition) is 0. The van der Waals surface area contributed by atoms with E-state index in [9.17, 15) is 0 Å². The maximum atomic E-state index is 6.90. The SMILES string of the molecule is CC1=C[C@H](C)C[C@H](C)[C@H]1c1c(C)nn(-c2cc(Oc3ccc4c5ccccc5n(-c5cc(CC(C)C)ccn5)c4c3)cc(C(C)(C)C)c2)c1CCC(C)C. The molecule has 7 rings (SSSR count). The molecule has 0 spiro atoms. The molecule has 0 N–H and O–H groups in total. The van der Waals surface area contributed by atoms with Crippen molar-refractivity contribution in [1.82, 2.24) is 19.3 Å². The van der Waals surface area contributed by atoms with E-state index < -0.39 is 0 Å². The summed E-state index contributed by atoms with van der Waals surface area (Å²) in [6, 6.07) is 26.2. The van der Waals surface area contributed by atoms with Crippen molar-refractivity contribution in [2.75, 3.05) is 0 Å². The molecule has 0 aliphatic heterocycles. The molecule has 5 nitrogen and oxygen atoms in total. The van der Waals surface area contributed by atoms with E-state index in [0.717, 1.165) is 59.0 Å². The lowest BCUT2D eigenvalue weighted by Gasteiger charge is -2.33. The molecule has 6 aromatic rings. The van der Waals surface area contributed by atoms with Gasteiger partial charge in [0.05, 0.1) is 22.4 Å². The van der Waals surface area contributed by atoms with Gasteiger partial charge in [0.15, 0.2) is 0 Å². The smallest absolute Gasteiger partial charge is 0.137 e. The molecule has 0 radical (unpaired) electrons. The minimum atomic E-state index is -0.0896. The van der Waals surface area contributed by atoms with Gasteiger partial charge in [0, 0.05) is 46.3 Å². The number of para-hydroxylation sites is 1. The number of aryl methyl sites for hydroxylation is 1. The van der Waals surface area contributed by atoms with Gasteiger partial charge in [-0.3, -0.25) is 4.57 Å². The number of benzene rings is 3.